The van der Waals surface area contributed by atoms with E-state index in [-0.39, 0.29) is 11.6 Å². The average Bonchev–Trinajstić information content (AvgIpc) is 2.61. The number of nitrogen functional groups attached to an aromatic ring is 1. The Morgan fingerprint density at radius 1 is 1.35 bits per heavy atom. The molecule has 0 aliphatic rings. The first kappa shape index (κ1) is 11.9. The summed E-state index contributed by atoms with van der Waals surface area (Å²) in [6.07, 6.45) is 0. The summed E-state index contributed by atoms with van der Waals surface area (Å²) >= 11 is 1.51. The van der Waals surface area contributed by atoms with Crippen LogP contribution in [0.3, 0.4) is 0 Å². The van der Waals surface area contributed by atoms with Crippen molar-refractivity contribution in [3.8, 4) is 16.9 Å². The number of halogens is 1. The van der Waals surface area contributed by atoms with Crippen LogP contribution in [0.5, 0.6) is 5.75 Å². The molecule has 2 nitrogen and oxygen atoms in total. The highest BCUT2D eigenvalue weighted by atomic mass is 32.1. The molecule has 17 heavy (non-hydrogen) atoms. The number of hydrogen-bond donors (Lipinski definition) is 1. The first-order chi connectivity index (χ1) is 8.11. The van der Waals surface area contributed by atoms with E-state index in [1.807, 2.05) is 26.0 Å². The molecule has 0 unspecified atom stereocenters. The maximum absolute atomic E-state index is 13.7. The summed E-state index contributed by atoms with van der Waals surface area (Å²) in [6.45, 7) is 4.27. The van der Waals surface area contributed by atoms with E-state index in [4.69, 9.17) is 10.5 Å². The number of thiophene rings is 1. The molecule has 2 aromatic rings. The van der Waals surface area contributed by atoms with Crippen molar-refractivity contribution in [1.29, 1.82) is 0 Å². The second kappa shape index (κ2) is 4.75. The van der Waals surface area contributed by atoms with Gasteiger partial charge in [0.05, 0.1) is 11.6 Å². The predicted molar refractivity (Wildman–Crippen MR) is 70.0 cm³/mol. The summed E-state index contributed by atoms with van der Waals surface area (Å²) in [6, 6.07) is 6.86. The number of aryl methyl sites for hydroxylation is 1. The Bertz CT molecular complexity index is 536. The lowest BCUT2D eigenvalue weighted by molar-refractivity contribution is 0.321. The quantitative estimate of drug-likeness (QED) is 0.899. The molecular weight excluding hydrogens is 237 g/mol. The second-order valence-electron chi connectivity index (χ2n) is 3.70. The summed E-state index contributed by atoms with van der Waals surface area (Å²) < 4.78 is 18.9. The van der Waals surface area contributed by atoms with Gasteiger partial charge in [-0.05, 0) is 43.2 Å². The second-order valence-corrected chi connectivity index (χ2v) is 4.98. The highest BCUT2D eigenvalue weighted by Gasteiger charge is 2.09. The topological polar surface area (TPSA) is 35.2 Å². The van der Waals surface area contributed by atoms with Crippen LogP contribution in [0.1, 0.15) is 11.8 Å². The van der Waals surface area contributed by atoms with Gasteiger partial charge in [0.2, 0.25) is 0 Å². The van der Waals surface area contributed by atoms with Crippen LogP contribution < -0.4 is 10.5 Å². The van der Waals surface area contributed by atoms with Crippen molar-refractivity contribution in [2.45, 2.75) is 13.8 Å². The van der Waals surface area contributed by atoms with Crippen molar-refractivity contribution < 1.29 is 9.13 Å². The minimum Gasteiger partial charge on any atom is -0.491 e. The molecule has 1 aromatic carbocycles. The zero-order valence-electron chi connectivity index (χ0n) is 9.79. The van der Waals surface area contributed by atoms with Crippen LogP contribution in [-0.4, -0.2) is 6.61 Å². The van der Waals surface area contributed by atoms with Crippen LogP contribution in [0.2, 0.25) is 0 Å². The number of benzene rings is 1. The molecular formula is C13H14FNOS. The largest absolute Gasteiger partial charge is 0.491 e. The normalized spacial score (nSPS) is 10.5. The minimum absolute atomic E-state index is 0.289. The van der Waals surface area contributed by atoms with Gasteiger partial charge < -0.3 is 10.5 Å². The van der Waals surface area contributed by atoms with E-state index in [9.17, 15) is 4.39 Å². The molecule has 2 rings (SSSR count). The lowest BCUT2D eigenvalue weighted by Gasteiger charge is -2.06. The molecule has 90 valence electrons. The molecule has 0 spiro atoms. The molecule has 0 saturated carbocycles. The third kappa shape index (κ3) is 2.42. The molecule has 4 heteroatoms. The van der Waals surface area contributed by atoms with Crippen molar-refractivity contribution in [1.82, 2.24) is 0 Å². The monoisotopic (exact) mass is 251 g/mol. The Hall–Kier alpha value is -1.55. The third-order valence-electron chi connectivity index (χ3n) is 2.48. The van der Waals surface area contributed by atoms with Crippen LogP contribution >= 0.6 is 11.3 Å². The lowest BCUT2D eigenvalue weighted by Crippen LogP contribution is -1.94. The maximum atomic E-state index is 13.7. The summed E-state index contributed by atoms with van der Waals surface area (Å²) in [5.41, 5.74) is 7.54. The molecule has 0 fully saturated rings. The van der Waals surface area contributed by atoms with Gasteiger partial charge in [-0.2, -0.15) is 0 Å². The van der Waals surface area contributed by atoms with E-state index in [0.717, 1.165) is 21.0 Å². The first-order valence-corrected chi connectivity index (χ1v) is 6.22. The fraction of sp³-hybridized carbons (Fsp3) is 0.231. The maximum Gasteiger partial charge on any atom is 0.165 e. The van der Waals surface area contributed by atoms with Crippen molar-refractivity contribution in [3.05, 3.63) is 35.0 Å². The van der Waals surface area contributed by atoms with Gasteiger partial charge in [0, 0.05) is 4.88 Å². The van der Waals surface area contributed by atoms with Gasteiger partial charge in [0.1, 0.15) is 0 Å². The molecule has 0 radical (unpaired) electrons. The molecule has 0 amide bonds. The molecule has 0 aliphatic heterocycles. The number of rotatable bonds is 3. The zero-order chi connectivity index (χ0) is 12.4. The molecule has 1 heterocycles. The molecule has 0 aliphatic carbocycles. The number of anilines is 1. The minimum atomic E-state index is -0.339. The highest BCUT2D eigenvalue weighted by molar-refractivity contribution is 7.16. The van der Waals surface area contributed by atoms with Gasteiger partial charge >= 0.3 is 0 Å². The van der Waals surface area contributed by atoms with Crippen LogP contribution in [0, 0.1) is 12.7 Å². The average molecular weight is 251 g/mol. The SMILES string of the molecule is CCOc1ccc(-c2cc(N)sc2C)cc1F. The van der Waals surface area contributed by atoms with E-state index < -0.39 is 0 Å². The smallest absolute Gasteiger partial charge is 0.165 e. The van der Waals surface area contributed by atoms with Gasteiger partial charge in [-0.1, -0.05) is 6.07 Å². The van der Waals surface area contributed by atoms with Crippen LogP contribution in [-0.2, 0) is 0 Å². The predicted octanol–water partition coefficient (Wildman–Crippen LogP) is 3.84. The Balaban J connectivity index is 2.41. The van der Waals surface area contributed by atoms with Crippen LogP contribution in [0.4, 0.5) is 9.39 Å². The van der Waals surface area contributed by atoms with E-state index in [0.29, 0.717) is 6.61 Å². The number of hydrogen-bond acceptors (Lipinski definition) is 3. The molecule has 2 N–H and O–H groups in total. The van der Waals surface area contributed by atoms with Crippen molar-refractivity contribution >= 4 is 16.3 Å². The van der Waals surface area contributed by atoms with Crippen LogP contribution in [0.25, 0.3) is 11.1 Å². The molecule has 0 bridgehead atoms. The van der Waals surface area contributed by atoms with Crippen molar-refractivity contribution in [2.24, 2.45) is 0 Å². The third-order valence-corrected chi connectivity index (χ3v) is 3.36. The van der Waals surface area contributed by atoms with E-state index >= 15 is 0 Å². The fourth-order valence-electron chi connectivity index (χ4n) is 1.73. The Kier molecular flexibility index (Phi) is 3.33. The van der Waals surface area contributed by atoms with Gasteiger partial charge in [-0.15, -0.1) is 11.3 Å². The molecule has 0 saturated heterocycles. The molecule has 1 aromatic heterocycles. The Labute approximate surface area is 104 Å². The zero-order valence-corrected chi connectivity index (χ0v) is 10.6. The summed E-state index contributed by atoms with van der Waals surface area (Å²) in [4.78, 5) is 1.09. The Morgan fingerprint density at radius 2 is 2.12 bits per heavy atom. The number of ether oxygens (including phenoxy) is 1. The summed E-state index contributed by atoms with van der Waals surface area (Å²) in [7, 11) is 0. The van der Waals surface area contributed by atoms with Crippen molar-refractivity contribution in [2.75, 3.05) is 12.3 Å². The van der Waals surface area contributed by atoms with E-state index in [1.54, 1.807) is 6.07 Å². The van der Waals surface area contributed by atoms with Gasteiger partial charge in [-0.3, -0.25) is 0 Å². The van der Waals surface area contributed by atoms with Gasteiger partial charge in [0.25, 0.3) is 0 Å². The molecule has 0 atom stereocenters. The van der Waals surface area contributed by atoms with Gasteiger partial charge in [0.15, 0.2) is 11.6 Å². The number of nitrogens with two attached hydrogens (primary N) is 1. The first-order valence-electron chi connectivity index (χ1n) is 5.40. The highest BCUT2D eigenvalue weighted by Crippen LogP contribution is 2.34. The summed E-state index contributed by atoms with van der Waals surface area (Å²) in [5, 5.41) is 0.742. The van der Waals surface area contributed by atoms with E-state index in [1.165, 1.54) is 17.4 Å². The van der Waals surface area contributed by atoms with E-state index in [2.05, 4.69) is 0 Å². The fourth-order valence-corrected chi connectivity index (χ4v) is 2.55. The standard InChI is InChI=1S/C13H14FNOS/c1-3-16-12-5-4-9(6-11(12)14)10-7-13(15)17-8(10)2/h4-7H,3,15H2,1-2H3. The van der Waals surface area contributed by atoms with Crippen LogP contribution in [0.15, 0.2) is 24.3 Å². The summed E-state index contributed by atoms with van der Waals surface area (Å²) in [5.74, 6) is -0.0503. The van der Waals surface area contributed by atoms with Gasteiger partial charge in [-0.25, -0.2) is 4.39 Å². The lowest BCUT2D eigenvalue weighted by atomic mass is 10.1. The van der Waals surface area contributed by atoms with Crippen molar-refractivity contribution in [3.63, 3.8) is 0 Å². The Morgan fingerprint density at radius 3 is 2.65 bits per heavy atom.